The van der Waals surface area contributed by atoms with Crippen molar-refractivity contribution in [3.8, 4) is 11.8 Å². The SMILES string of the molecule is [Au+].[CH2-]c1cccc(C(=O)Nc2ccc(C)c(Oc3ncccn3)c2)c1. The molecule has 0 bridgehead atoms. The molecule has 130 valence electrons. The second-order valence-corrected chi connectivity index (χ2v) is 5.27. The van der Waals surface area contributed by atoms with Crippen LogP contribution in [0.25, 0.3) is 0 Å². The zero-order valence-electron chi connectivity index (χ0n) is 13.5. The van der Waals surface area contributed by atoms with Crippen molar-refractivity contribution in [3.63, 3.8) is 0 Å². The molecule has 0 aliphatic rings. The predicted molar refractivity (Wildman–Crippen MR) is 92.1 cm³/mol. The van der Waals surface area contributed by atoms with Gasteiger partial charge in [-0.3, -0.25) is 4.79 Å². The Morgan fingerprint density at radius 2 is 1.84 bits per heavy atom. The smallest absolute Gasteiger partial charge is 0.424 e. The minimum Gasteiger partial charge on any atom is -0.424 e. The maximum Gasteiger partial charge on any atom is 1.00 e. The van der Waals surface area contributed by atoms with Gasteiger partial charge in [0.05, 0.1) is 0 Å². The molecular formula is C19H16AuN3O2. The largest absolute Gasteiger partial charge is 1.00 e. The average Bonchev–Trinajstić information content (AvgIpc) is 2.59. The summed E-state index contributed by atoms with van der Waals surface area (Å²) in [6, 6.07) is 14.5. The van der Waals surface area contributed by atoms with E-state index in [0.717, 1.165) is 11.1 Å². The number of carbonyl (C=O) groups excluding carboxylic acids is 1. The van der Waals surface area contributed by atoms with Gasteiger partial charge in [0.15, 0.2) is 0 Å². The molecule has 1 aromatic heterocycles. The van der Waals surface area contributed by atoms with Crippen LogP contribution in [0.1, 0.15) is 21.5 Å². The van der Waals surface area contributed by atoms with Gasteiger partial charge in [-0.2, -0.15) is 24.6 Å². The number of nitrogens with zero attached hydrogens (tertiary/aromatic N) is 2. The number of carbonyl (C=O) groups is 1. The van der Waals surface area contributed by atoms with Gasteiger partial charge >= 0.3 is 28.4 Å². The zero-order valence-corrected chi connectivity index (χ0v) is 15.7. The Morgan fingerprint density at radius 3 is 2.56 bits per heavy atom. The average molecular weight is 515 g/mol. The molecule has 3 rings (SSSR count). The number of aromatic nitrogens is 2. The molecule has 3 aromatic rings. The molecule has 0 radical (unpaired) electrons. The summed E-state index contributed by atoms with van der Waals surface area (Å²) in [6.45, 7) is 5.74. The van der Waals surface area contributed by atoms with Gasteiger partial charge in [-0.25, -0.2) is 9.97 Å². The van der Waals surface area contributed by atoms with Crippen molar-refractivity contribution >= 4 is 11.6 Å². The first-order valence-corrected chi connectivity index (χ1v) is 7.41. The second kappa shape index (κ2) is 8.48. The number of hydrogen-bond acceptors (Lipinski definition) is 4. The van der Waals surface area contributed by atoms with Crippen LogP contribution < -0.4 is 10.1 Å². The van der Waals surface area contributed by atoms with E-state index in [1.54, 1.807) is 42.7 Å². The number of ether oxygens (including phenoxy) is 1. The normalized spacial score (nSPS) is 9.80. The molecular weight excluding hydrogens is 499 g/mol. The number of aryl methyl sites for hydroxylation is 1. The number of anilines is 1. The number of rotatable bonds is 4. The Kier molecular flexibility index (Phi) is 6.36. The van der Waals surface area contributed by atoms with Gasteiger partial charge in [0.25, 0.3) is 0 Å². The maximum absolute atomic E-state index is 12.3. The molecule has 0 saturated heterocycles. The van der Waals surface area contributed by atoms with Gasteiger partial charge in [0.1, 0.15) is 5.75 Å². The van der Waals surface area contributed by atoms with Crippen LogP contribution in [0.3, 0.4) is 0 Å². The second-order valence-electron chi connectivity index (χ2n) is 5.27. The molecule has 0 aliphatic heterocycles. The van der Waals surface area contributed by atoms with Crippen LogP contribution in [0.4, 0.5) is 5.69 Å². The van der Waals surface area contributed by atoms with Crippen LogP contribution in [0.5, 0.6) is 11.8 Å². The molecule has 2 aromatic carbocycles. The summed E-state index contributed by atoms with van der Waals surface area (Å²) in [5.41, 5.74) is 2.89. The third-order valence-corrected chi connectivity index (χ3v) is 3.38. The third-order valence-electron chi connectivity index (χ3n) is 3.38. The maximum atomic E-state index is 12.3. The molecule has 0 unspecified atom stereocenters. The minimum absolute atomic E-state index is 0. The fraction of sp³-hybridized carbons (Fsp3) is 0.0526. The van der Waals surface area contributed by atoms with Crippen molar-refractivity contribution in [2.75, 3.05) is 5.32 Å². The van der Waals surface area contributed by atoms with Gasteiger partial charge < -0.3 is 10.1 Å². The summed E-state index contributed by atoms with van der Waals surface area (Å²) in [7, 11) is 0. The van der Waals surface area contributed by atoms with Crippen molar-refractivity contribution in [3.05, 3.63) is 84.5 Å². The minimum atomic E-state index is -0.203. The van der Waals surface area contributed by atoms with Crippen molar-refractivity contribution in [1.29, 1.82) is 0 Å². The molecule has 5 nitrogen and oxygen atoms in total. The van der Waals surface area contributed by atoms with Crippen LogP contribution in [0, 0.1) is 13.8 Å². The summed E-state index contributed by atoms with van der Waals surface area (Å²) in [5, 5.41) is 2.85. The summed E-state index contributed by atoms with van der Waals surface area (Å²) in [5.74, 6) is 0.385. The fourth-order valence-electron chi connectivity index (χ4n) is 2.14. The van der Waals surface area contributed by atoms with E-state index < -0.39 is 0 Å². The summed E-state index contributed by atoms with van der Waals surface area (Å²) in [4.78, 5) is 20.4. The first kappa shape index (κ1) is 18.7. The van der Waals surface area contributed by atoms with Crippen molar-refractivity contribution in [1.82, 2.24) is 9.97 Å². The van der Waals surface area contributed by atoms with E-state index in [4.69, 9.17) is 4.74 Å². The Labute approximate surface area is 162 Å². The van der Waals surface area contributed by atoms with Gasteiger partial charge in [-0.05, 0) is 30.2 Å². The third kappa shape index (κ3) is 4.93. The first-order chi connectivity index (χ1) is 11.6. The number of nitrogens with one attached hydrogen (secondary N) is 1. The number of benzene rings is 2. The summed E-state index contributed by atoms with van der Waals surface area (Å²) >= 11 is 0. The quantitative estimate of drug-likeness (QED) is 0.422. The number of amides is 1. The fourth-order valence-corrected chi connectivity index (χ4v) is 2.14. The Bertz CT molecular complexity index is 870. The molecule has 0 aliphatic carbocycles. The summed E-state index contributed by atoms with van der Waals surface area (Å²) in [6.07, 6.45) is 3.21. The molecule has 25 heavy (non-hydrogen) atoms. The number of hydrogen-bond donors (Lipinski definition) is 1. The zero-order chi connectivity index (χ0) is 16.9. The van der Waals surface area contributed by atoms with Crippen LogP contribution >= 0.6 is 0 Å². The van der Waals surface area contributed by atoms with Crippen molar-refractivity contribution in [2.24, 2.45) is 0 Å². The van der Waals surface area contributed by atoms with E-state index in [2.05, 4.69) is 22.2 Å². The summed E-state index contributed by atoms with van der Waals surface area (Å²) < 4.78 is 5.67. The monoisotopic (exact) mass is 515 g/mol. The van der Waals surface area contributed by atoms with Crippen LogP contribution in [0.15, 0.2) is 60.9 Å². The van der Waals surface area contributed by atoms with Crippen LogP contribution in [-0.4, -0.2) is 15.9 Å². The van der Waals surface area contributed by atoms with Crippen LogP contribution in [0.2, 0.25) is 0 Å². The van der Waals surface area contributed by atoms with Gasteiger partial charge in [-0.1, -0.05) is 12.1 Å². The van der Waals surface area contributed by atoms with E-state index >= 15 is 0 Å². The molecule has 0 spiro atoms. The molecule has 1 heterocycles. The van der Waals surface area contributed by atoms with Crippen molar-refractivity contribution < 1.29 is 31.9 Å². The van der Waals surface area contributed by atoms with Gasteiger partial charge in [0, 0.05) is 24.1 Å². The molecule has 0 atom stereocenters. The Hall–Kier alpha value is -2.60. The van der Waals surface area contributed by atoms with Crippen LogP contribution in [-0.2, 0) is 22.4 Å². The van der Waals surface area contributed by atoms with Crippen molar-refractivity contribution in [2.45, 2.75) is 6.92 Å². The Morgan fingerprint density at radius 1 is 1.08 bits per heavy atom. The molecule has 1 amide bonds. The van der Waals surface area contributed by atoms with Gasteiger partial charge in [0.2, 0.25) is 5.91 Å². The molecule has 0 saturated carbocycles. The predicted octanol–water partition coefficient (Wildman–Crippen LogP) is 4.01. The first-order valence-electron chi connectivity index (χ1n) is 7.41. The molecule has 1 N–H and O–H groups in total. The molecule has 6 heteroatoms. The van der Waals surface area contributed by atoms with E-state index in [-0.39, 0.29) is 34.3 Å². The standard InChI is InChI=1S/C19H16N3O2.Au/c1-13-5-3-6-15(11-13)18(23)22-16-8-7-14(2)17(12-16)24-19-20-9-4-10-21-19;/h3-12H,1H2,2H3,(H,22,23);/q-1;+1. The Balaban J connectivity index is 0.00000225. The van der Waals surface area contributed by atoms with E-state index in [0.29, 0.717) is 17.0 Å². The van der Waals surface area contributed by atoms with E-state index in [9.17, 15) is 4.79 Å². The topological polar surface area (TPSA) is 64.1 Å². The van der Waals surface area contributed by atoms with Gasteiger partial charge in [-0.15, -0.1) is 6.07 Å². The van der Waals surface area contributed by atoms with E-state index in [1.165, 1.54) is 0 Å². The molecule has 0 fully saturated rings. The van der Waals surface area contributed by atoms with E-state index in [1.807, 2.05) is 25.1 Å².